The maximum Gasteiger partial charge on any atom is 0.220 e. The number of carbonyl (C=O) groups excluding carboxylic acids is 1. The van der Waals surface area contributed by atoms with E-state index in [0.29, 0.717) is 42.8 Å². The summed E-state index contributed by atoms with van der Waals surface area (Å²) in [5.74, 6) is 0.749. The van der Waals surface area contributed by atoms with Gasteiger partial charge in [-0.05, 0) is 97.7 Å². The maximum absolute atomic E-state index is 12.7. The number of rotatable bonds is 12. The Balaban J connectivity index is 1.27. The molecule has 2 unspecified atom stereocenters. The Kier molecular flexibility index (Phi) is 10.7. The lowest BCUT2D eigenvalue weighted by Gasteiger charge is -2.63. The van der Waals surface area contributed by atoms with Crippen LogP contribution in [-0.4, -0.2) is 108 Å². The van der Waals surface area contributed by atoms with E-state index in [1.54, 1.807) is 0 Å². The Morgan fingerprint density at radius 1 is 1.07 bits per heavy atom. The average Bonchev–Trinajstić information content (AvgIpc) is 3.24. The minimum atomic E-state index is -4.48. The third-order valence-electron chi connectivity index (χ3n) is 12.7. The number of hydrogen-bond donors (Lipinski definition) is 5. The van der Waals surface area contributed by atoms with E-state index in [2.05, 4.69) is 26.1 Å². The van der Waals surface area contributed by atoms with E-state index in [0.717, 1.165) is 44.9 Å². The third-order valence-corrected chi connectivity index (χ3v) is 13.5. The zero-order valence-electron chi connectivity index (χ0n) is 27.0. The van der Waals surface area contributed by atoms with E-state index >= 15 is 0 Å². The first-order chi connectivity index (χ1) is 19.9. The van der Waals surface area contributed by atoms with E-state index in [4.69, 9.17) is 0 Å². The molecule has 4 fully saturated rings. The molecule has 0 heterocycles. The first-order valence-corrected chi connectivity index (χ1v) is 18.2. The van der Waals surface area contributed by atoms with Crippen LogP contribution in [0.25, 0.3) is 0 Å². The molecule has 250 valence electrons. The number of aliphatic hydroxyl groups excluding tert-OH is 4. The molecular formula is C32H58N2O8S. The van der Waals surface area contributed by atoms with Gasteiger partial charge in [-0.1, -0.05) is 20.8 Å². The largest absolute Gasteiger partial charge is 0.748 e. The van der Waals surface area contributed by atoms with Crippen LogP contribution >= 0.6 is 0 Å². The summed E-state index contributed by atoms with van der Waals surface area (Å²) in [6, 6.07) is 0. The van der Waals surface area contributed by atoms with E-state index < -0.39 is 34.2 Å². The molecule has 0 aromatic rings. The van der Waals surface area contributed by atoms with Crippen molar-refractivity contribution in [3.8, 4) is 0 Å². The van der Waals surface area contributed by atoms with Gasteiger partial charge in [0, 0.05) is 19.4 Å². The van der Waals surface area contributed by atoms with Gasteiger partial charge in [-0.25, -0.2) is 8.42 Å². The zero-order chi connectivity index (χ0) is 32.0. The van der Waals surface area contributed by atoms with E-state index in [1.807, 2.05) is 14.1 Å². The number of quaternary nitrogens is 1. The Hall–Kier alpha value is -0.820. The van der Waals surface area contributed by atoms with Gasteiger partial charge in [0.15, 0.2) is 0 Å². The summed E-state index contributed by atoms with van der Waals surface area (Å²) < 4.78 is 33.0. The Bertz CT molecular complexity index is 1090. The van der Waals surface area contributed by atoms with Gasteiger partial charge in [0.25, 0.3) is 0 Å². The van der Waals surface area contributed by atoms with Gasteiger partial charge in [0.05, 0.1) is 54.8 Å². The van der Waals surface area contributed by atoms with Crippen molar-refractivity contribution in [3.05, 3.63) is 0 Å². The normalized spacial score (nSPS) is 41.1. The highest BCUT2D eigenvalue weighted by atomic mass is 32.2. The lowest BCUT2D eigenvalue weighted by Crippen LogP contribution is -2.62. The molecule has 5 N–H and O–H groups in total. The van der Waals surface area contributed by atoms with Crippen molar-refractivity contribution in [1.82, 2.24) is 5.32 Å². The highest BCUT2D eigenvalue weighted by molar-refractivity contribution is 7.85. The number of nitrogens with zero attached hydrogens (tertiary/aromatic N) is 1. The summed E-state index contributed by atoms with van der Waals surface area (Å²) in [4.78, 5) is 12.7. The molecule has 11 heteroatoms. The van der Waals surface area contributed by atoms with Gasteiger partial charge in [-0.15, -0.1) is 0 Å². The van der Waals surface area contributed by atoms with Crippen LogP contribution in [0.2, 0.25) is 0 Å². The standard InChI is InChI=1S/C32H58N2O8S/c1-20(7-10-29(39)33-13-6-14-34(4,5)18-23(36)19-43(40,41)42)24-8-9-25-30-26(17-28(38)32(24,25)3)31(2)12-11-22(35)15-21(31)16-27(30)37/h20-28,30,35-38H,6-19H2,1-5H3,(H-,33,39,40,41,42)/t20-,21+,22-,23?,24-,25+,26+,27-,28+,30?,31+,32-/m1/s1. The van der Waals surface area contributed by atoms with Crippen LogP contribution in [0, 0.1) is 46.3 Å². The fourth-order valence-electron chi connectivity index (χ4n) is 10.5. The van der Waals surface area contributed by atoms with Crippen LogP contribution in [0.5, 0.6) is 0 Å². The van der Waals surface area contributed by atoms with E-state index in [-0.39, 0.29) is 59.0 Å². The summed E-state index contributed by atoms with van der Waals surface area (Å²) in [6.07, 6.45) is 5.44. The van der Waals surface area contributed by atoms with Crippen molar-refractivity contribution in [2.24, 2.45) is 46.3 Å². The summed E-state index contributed by atoms with van der Waals surface area (Å²) >= 11 is 0. The number of carbonyl (C=O) groups is 1. The predicted octanol–water partition coefficient (Wildman–Crippen LogP) is 1.85. The van der Waals surface area contributed by atoms with Crippen molar-refractivity contribution in [2.75, 3.05) is 39.5 Å². The second-order valence-electron chi connectivity index (χ2n) is 16.0. The summed E-state index contributed by atoms with van der Waals surface area (Å²) in [5.41, 5.74) is -0.229. The van der Waals surface area contributed by atoms with Gasteiger partial charge in [-0.2, -0.15) is 0 Å². The van der Waals surface area contributed by atoms with Gasteiger partial charge < -0.3 is 34.8 Å². The molecule has 4 rings (SSSR count). The molecule has 12 atom stereocenters. The predicted molar refractivity (Wildman–Crippen MR) is 162 cm³/mol. The monoisotopic (exact) mass is 630 g/mol. The lowest BCUT2D eigenvalue weighted by molar-refractivity contribution is -0.893. The number of likely N-dealkylation sites (N-methyl/N-ethyl adjacent to an activating group) is 1. The van der Waals surface area contributed by atoms with Crippen molar-refractivity contribution < 1.29 is 42.7 Å². The number of nitrogens with one attached hydrogen (secondary N) is 1. The molecular weight excluding hydrogens is 572 g/mol. The molecule has 4 aliphatic carbocycles. The summed E-state index contributed by atoms with van der Waals surface area (Å²) in [5, 5.41) is 46.5. The molecule has 4 aliphatic rings. The Labute approximate surface area is 259 Å². The SMILES string of the molecule is C[C@H](CCC(=O)NCCC[N+](C)(C)CC(O)CS(=O)(=O)[O-])[C@H]1CC[C@H]2C3[C@H](O)C[C@@H]4C[C@H](O)CC[C@]4(C)[C@H]3C[C@H](O)[C@]12C. The fraction of sp³-hybridized carbons (Fsp3) is 0.969. The van der Waals surface area contributed by atoms with Crippen LogP contribution < -0.4 is 5.32 Å². The Morgan fingerprint density at radius 2 is 1.77 bits per heavy atom. The minimum Gasteiger partial charge on any atom is -0.748 e. The van der Waals surface area contributed by atoms with Crippen molar-refractivity contribution in [2.45, 2.75) is 109 Å². The average molecular weight is 631 g/mol. The van der Waals surface area contributed by atoms with Crippen molar-refractivity contribution in [3.63, 3.8) is 0 Å². The molecule has 1 amide bonds. The summed E-state index contributed by atoms with van der Waals surface area (Å²) in [6.45, 7) is 8.02. The molecule has 0 aromatic carbocycles. The molecule has 0 radical (unpaired) electrons. The number of aliphatic hydroxyl groups is 4. The second-order valence-corrected chi connectivity index (χ2v) is 17.4. The van der Waals surface area contributed by atoms with Gasteiger partial charge in [0.2, 0.25) is 5.91 Å². The molecule has 43 heavy (non-hydrogen) atoms. The first kappa shape index (κ1) is 35.0. The molecule has 0 bridgehead atoms. The molecule has 4 saturated carbocycles. The minimum absolute atomic E-state index is 0.0141. The molecule has 0 saturated heterocycles. The quantitative estimate of drug-likeness (QED) is 0.124. The molecule has 10 nitrogen and oxygen atoms in total. The van der Waals surface area contributed by atoms with E-state index in [9.17, 15) is 38.2 Å². The topological polar surface area (TPSA) is 167 Å². The molecule has 0 aliphatic heterocycles. The van der Waals surface area contributed by atoms with Crippen LogP contribution in [0.4, 0.5) is 0 Å². The van der Waals surface area contributed by atoms with Crippen molar-refractivity contribution >= 4 is 16.0 Å². The van der Waals surface area contributed by atoms with Gasteiger partial charge in [0.1, 0.15) is 12.6 Å². The first-order valence-electron chi connectivity index (χ1n) is 16.6. The summed E-state index contributed by atoms with van der Waals surface area (Å²) in [7, 11) is -0.775. The van der Waals surface area contributed by atoms with Crippen molar-refractivity contribution in [1.29, 1.82) is 0 Å². The molecule has 0 spiro atoms. The van der Waals surface area contributed by atoms with Crippen LogP contribution in [0.3, 0.4) is 0 Å². The highest BCUT2D eigenvalue weighted by Gasteiger charge is 2.65. The number of amides is 1. The van der Waals surface area contributed by atoms with E-state index in [1.165, 1.54) is 0 Å². The highest BCUT2D eigenvalue weighted by Crippen LogP contribution is 2.68. The van der Waals surface area contributed by atoms with Gasteiger partial charge in [-0.3, -0.25) is 4.79 Å². The zero-order valence-corrected chi connectivity index (χ0v) is 27.8. The van der Waals surface area contributed by atoms with Crippen LogP contribution in [0.15, 0.2) is 0 Å². The molecule has 0 aromatic heterocycles. The third kappa shape index (κ3) is 7.60. The fourth-order valence-corrected chi connectivity index (χ4v) is 11.0. The van der Waals surface area contributed by atoms with Gasteiger partial charge >= 0.3 is 0 Å². The van der Waals surface area contributed by atoms with Crippen LogP contribution in [0.1, 0.15) is 85.0 Å². The number of hydrogen-bond acceptors (Lipinski definition) is 8. The maximum atomic E-state index is 12.7. The van der Waals surface area contributed by atoms with Crippen LogP contribution in [-0.2, 0) is 14.9 Å². The smallest absolute Gasteiger partial charge is 0.220 e. The lowest BCUT2D eigenvalue weighted by atomic mass is 9.43. The second kappa shape index (κ2) is 13.1. The Morgan fingerprint density at radius 3 is 2.44 bits per heavy atom. The number of fused-ring (bicyclic) bond motifs is 5.